The summed E-state index contributed by atoms with van der Waals surface area (Å²) in [6.45, 7) is 4.24. The van der Waals surface area contributed by atoms with Crippen molar-refractivity contribution in [3.63, 3.8) is 0 Å². The third kappa shape index (κ3) is 3.93. The van der Waals surface area contributed by atoms with Gasteiger partial charge in [0.1, 0.15) is 5.82 Å². The molecule has 26 heavy (non-hydrogen) atoms. The van der Waals surface area contributed by atoms with Gasteiger partial charge in [0.05, 0.1) is 17.9 Å². The Morgan fingerprint density at radius 2 is 1.85 bits per heavy atom. The molecule has 0 radical (unpaired) electrons. The number of aromatic nitrogens is 4. The van der Waals surface area contributed by atoms with E-state index in [0.717, 1.165) is 17.0 Å². The number of benzene rings is 1. The van der Waals surface area contributed by atoms with E-state index in [1.807, 2.05) is 38.9 Å². The zero-order valence-electron chi connectivity index (χ0n) is 15.3. The van der Waals surface area contributed by atoms with Gasteiger partial charge in [-0.1, -0.05) is 12.1 Å². The zero-order chi connectivity index (χ0) is 18.7. The summed E-state index contributed by atoms with van der Waals surface area (Å²) in [6, 6.07) is 8.50. The Hall–Kier alpha value is -3.09. The molecule has 7 heteroatoms. The summed E-state index contributed by atoms with van der Waals surface area (Å²) in [5.41, 5.74) is 3.57. The minimum Gasteiger partial charge on any atom is -0.349 e. The second-order valence-electron chi connectivity index (χ2n) is 6.25. The highest BCUT2D eigenvalue weighted by Crippen LogP contribution is 2.24. The molecule has 0 atom stereocenters. The van der Waals surface area contributed by atoms with Gasteiger partial charge in [-0.2, -0.15) is 0 Å². The van der Waals surface area contributed by atoms with Crippen LogP contribution in [0.15, 0.2) is 36.5 Å². The third-order valence-electron chi connectivity index (χ3n) is 3.82. The van der Waals surface area contributed by atoms with Crippen molar-refractivity contribution in [2.24, 2.45) is 0 Å². The second-order valence-corrected chi connectivity index (χ2v) is 6.25. The Bertz CT molecular complexity index is 926. The molecule has 1 N–H and O–H groups in total. The SMILES string of the molecule is Cc1cc(CNc2ncc(C)c(-c3ccccc3F)n2)nc(N(C)C)n1. The van der Waals surface area contributed by atoms with E-state index in [-0.39, 0.29) is 5.82 Å². The minimum absolute atomic E-state index is 0.303. The Morgan fingerprint density at radius 3 is 2.58 bits per heavy atom. The Morgan fingerprint density at radius 1 is 1.08 bits per heavy atom. The van der Waals surface area contributed by atoms with Crippen LogP contribution in [0.4, 0.5) is 16.3 Å². The maximum Gasteiger partial charge on any atom is 0.225 e. The van der Waals surface area contributed by atoms with Gasteiger partial charge in [0.25, 0.3) is 0 Å². The third-order valence-corrected chi connectivity index (χ3v) is 3.82. The van der Waals surface area contributed by atoms with Gasteiger partial charge in [0.2, 0.25) is 11.9 Å². The Labute approximate surface area is 152 Å². The molecule has 0 saturated heterocycles. The monoisotopic (exact) mass is 352 g/mol. The molecule has 0 aliphatic rings. The average Bonchev–Trinajstić information content (AvgIpc) is 2.61. The first-order valence-electron chi connectivity index (χ1n) is 8.28. The van der Waals surface area contributed by atoms with Crippen LogP contribution in [0.1, 0.15) is 17.0 Å². The molecule has 2 aromatic heterocycles. The van der Waals surface area contributed by atoms with Crippen molar-refractivity contribution in [1.82, 2.24) is 19.9 Å². The number of rotatable bonds is 5. The van der Waals surface area contributed by atoms with Crippen LogP contribution in [-0.4, -0.2) is 34.0 Å². The number of nitrogens with zero attached hydrogens (tertiary/aromatic N) is 5. The summed E-state index contributed by atoms with van der Waals surface area (Å²) < 4.78 is 14.1. The van der Waals surface area contributed by atoms with Crippen LogP contribution in [-0.2, 0) is 6.54 Å². The molecule has 3 aromatic rings. The predicted octanol–water partition coefficient (Wildman–Crippen LogP) is 3.37. The number of anilines is 2. The van der Waals surface area contributed by atoms with Crippen molar-refractivity contribution < 1.29 is 4.39 Å². The van der Waals surface area contributed by atoms with E-state index < -0.39 is 0 Å². The molecule has 0 amide bonds. The summed E-state index contributed by atoms with van der Waals surface area (Å²) >= 11 is 0. The molecule has 6 nitrogen and oxygen atoms in total. The molecule has 134 valence electrons. The first-order valence-corrected chi connectivity index (χ1v) is 8.28. The van der Waals surface area contributed by atoms with Crippen molar-refractivity contribution in [2.45, 2.75) is 20.4 Å². The standard InChI is InChI=1S/C19H21FN6/c1-12-10-21-18(25-17(12)15-7-5-6-8-16(15)20)22-11-14-9-13(2)23-19(24-14)26(3)4/h5-10H,11H2,1-4H3,(H,21,22,25). The van der Waals surface area contributed by atoms with E-state index in [1.54, 1.807) is 24.4 Å². The molecule has 0 spiro atoms. The van der Waals surface area contributed by atoms with Gasteiger partial charge >= 0.3 is 0 Å². The van der Waals surface area contributed by atoms with Gasteiger partial charge in [-0.25, -0.2) is 24.3 Å². The molecule has 3 rings (SSSR count). The van der Waals surface area contributed by atoms with Crippen molar-refractivity contribution in [2.75, 3.05) is 24.3 Å². The van der Waals surface area contributed by atoms with Gasteiger partial charge in [0, 0.05) is 31.5 Å². The molecule has 1 aromatic carbocycles. The lowest BCUT2D eigenvalue weighted by atomic mass is 10.1. The summed E-state index contributed by atoms with van der Waals surface area (Å²) in [5.74, 6) is 0.775. The van der Waals surface area contributed by atoms with E-state index in [0.29, 0.717) is 29.7 Å². The topological polar surface area (TPSA) is 66.8 Å². The number of nitrogens with one attached hydrogen (secondary N) is 1. The smallest absolute Gasteiger partial charge is 0.225 e. The van der Waals surface area contributed by atoms with Gasteiger partial charge in [-0.05, 0) is 37.6 Å². The molecule has 0 fully saturated rings. The number of hydrogen-bond acceptors (Lipinski definition) is 6. The van der Waals surface area contributed by atoms with Crippen LogP contribution in [0, 0.1) is 19.7 Å². The predicted molar refractivity (Wildman–Crippen MR) is 101 cm³/mol. The summed E-state index contributed by atoms with van der Waals surface area (Å²) in [5, 5.41) is 3.16. The van der Waals surface area contributed by atoms with Crippen LogP contribution in [0.25, 0.3) is 11.3 Å². The average molecular weight is 352 g/mol. The van der Waals surface area contributed by atoms with Crippen LogP contribution in [0.5, 0.6) is 0 Å². The second kappa shape index (κ2) is 7.43. The molecule has 0 unspecified atom stereocenters. The minimum atomic E-state index is -0.303. The van der Waals surface area contributed by atoms with Crippen LogP contribution >= 0.6 is 0 Å². The maximum absolute atomic E-state index is 14.1. The van der Waals surface area contributed by atoms with Crippen LogP contribution < -0.4 is 10.2 Å². The molecule has 0 saturated carbocycles. The van der Waals surface area contributed by atoms with E-state index in [1.165, 1.54) is 6.07 Å². The van der Waals surface area contributed by atoms with Gasteiger partial charge in [-0.15, -0.1) is 0 Å². The van der Waals surface area contributed by atoms with Crippen molar-refractivity contribution in [3.8, 4) is 11.3 Å². The number of halogens is 1. The highest BCUT2D eigenvalue weighted by Gasteiger charge is 2.11. The number of aryl methyl sites for hydroxylation is 2. The van der Waals surface area contributed by atoms with E-state index >= 15 is 0 Å². The van der Waals surface area contributed by atoms with Gasteiger partial charge < -0.3 is 10.2 Å². The fourth-order valence-electron chi connectivity index (χ4n) is 2.53. The quantitative estimate of drug-likeness (QED) is 0.759. The highest BCUT2D eigenvalue weighted by atomic mass is 19.1. The summed E-state index contributed by atoms with van der Waals surface area (Å²) in [6.07, 6.45) is 1.69. The molecule has 0 bridgehead atoms. The lowest BCUT2D eigenvalue weighted by molar-refractivity contribution is 0.630. The number of hydrogen-bond donors (Lipinski definition) is 1. The van der Waals surface area contributed by atoms with Crippen molar-refractivity contribution in [1.29, 1.82) is 0 Å². The van der Waals surface area contributed by atoms with E-state index in [9.17, 15) is 4.39 Å². The fourth-order valence-corrected chi connectivity index (χ4v) is 2.53. The molecular formula is C19H21FN6. The lowest BCUT2D eigenvalue weighted by Gasteiger charge is -2.13. The van der Waals surface area contributed by atoms with E-state index in [4.69, 9.17) is 0 Å². The molecular weight excluding hydrogens is 331 g/mol. The summed E-state index contributed by atoms with van der Waals surface area (Å²) in [7, 11) is 3.80. The zero-order valence-corrected chi connectivity index (χ0v) is 15.3. The first-order chi connectivity index (χ1) is 12.4. The van der Waals surface area contributed by atoms with Gasteiger partial charge in [-0.3, -0.25) is 0 Å². The normalized spacial score (nSPS) is 10.7. The van der Waals surface area contributed by atoms with Crippen LogP contribution in [0.3, 0.4) is 0 Å². The maximum atomic E-state index is 14.1. The van der Waals surface area contributed by atoms with Crippen LogP contribution in [0.2, 0.25) is 0 Å². The van der Waals surface area contributed by atoms with E-state index in [2.05, 4.69) is 25.3 Å². The van der Waals surface area contributed by atoms with Crippen molar-refractivity contribution in [3.05, 3.63) is 59.3 Å². The van der Waals surface area contributed by atoms with Gasteiger partial charge in [0.15, 0.2) is 0 Å². The lowest BCUT2D eigenvalue weighted by Crippen LogP contribution is -2.15. The molecule has 2 heterocycles. The molecule has 0 aliphatic carbocycles. The Kier molecular flexibility index (Phi) is 5.06. The molecule has 0 aliphatic heterocycles. The van der Waals surface area contributed by atoms with Crippen molar-refractivity contribution >= 4 is 11.9 Å². The first kappa shape index (κ1) is 17.7. The summed E-state index contributed by atoms with van der Waals surface area (Å²) in [4.78, 5) is 19.5. The largest absolute Gasteiger partial charge is 0.349 e. The Balaban J connectivity index is 1.84. The highest BCUT2D eigenvalue weighted by molar-refractivity contribution is 5.64. The fraction of sp³-hybridized carbons (Fsp3) is 0.263.